The van der Waals surface area contributed by atoms with Crippen LogP contribution in [0.1, 0.15) is 24.0 Å². The Balaban J connectivity index is 1.64. The largest absolute Gasteiger partial charge is 0.366 e. The lowest BCUT2D eigenvalue weighted by molar-refractivity contribution is -0.384. The third-order valence-electron chi connectivity index (χ3n) is 4.94. The fraction of sp³-hybridized carbons (Fsp3) is 0.350. The maximum absolute atomic E-state index is 12.6. The lowest BCUT2D eigenvalue weighted by atomic mass is 9.95. The van der Waals surface area contributed by atoms with Crippen molar-refractivity contribution in [2.45, 2.75) is 26.7 Å². The first kappa shape index (κ1) is 17.9. The van der Waals surface area contributed by atoms with Crippen LogP contribution in [0.2, 0.25) is 0 Å². The third kappa shape index (κ3) is 3.85. The van der Waals surface area contributed by atoms with Gasteiger partial charge in [-0.3, -0.25) is 14.9 Å². The summed E-state index contributed by atoms with van der Waals surface area (Å²) in [4.78, 5) is 25.5. The number of amides is 1. The number of hydrogen-bond acceptors (Lipinski definition) is 4. The van der Waals surface area contributed by atoms with Crippen molar-refractivity contribution in [3.8, 4) is 0 Å². The van der Waals surface area contributed by atoms with E-state index in [9.17, 15) is 14.9 Å². The number of aryl methyl sites for hydroxylation is 2. The van der Waals surface area contributed by atoms with Crippen molar-refractivity contribution in [2.75, 3.05) is 23.3 Å². The monoisotopic (exact) mass is 353 g/mol. The number of carbonyl (C=O) groups excluding carboxylic acids is 1. The van der Waals surface area contributed by atoms with E-state index in [2.05, 4.69) is 5.32 Å². The minimum Gasteiger partial charge on any atom is -0.366 e. The Morgan fingerprint density at radius 3 is 2.54 bits per heavy atom. The van der Waals surface area contributed by atoms with E-state index in [1.165, 1.54) is 6.07 Å². The van der Waals surface area contributed by atoms with Crippen LogP contribution in [0.25, 0.3) is 0 Å². The number of carbonyl (C=O) groups is 1. The fourth-order valence-electron chi connectivity index (χ4n) is 3.37. The van der Waals surface area contributed by atoms with Crippen LogP contribution < -0.4 is 10.2 Å². The predicted molar refractivity (Wildman–Crippen MR) is 103 cm³/mol. The molecule has 0 aromatic heterocycles. The molecule has 1 N–H and O–H groups in total. The SMILES string of the molecule is Cc1ccc(C)c(NC(=O)C2CCN(c3ccccc3[N+](=O)[O-])CC2)c1. The summed E-state index contributed by atoms with van der Waals surface area (Å²) in [6.07, 6.45) is 1.37. The average Bonchev–Trinajstić information content (AvgIpc) is 2.65. The van der Waals surface area contributed by atoms with Crippen LogP contribution in [0.5, 0.6) is 0 Å². The molecule has 1 aliphatic rings. The standard InChI is InChI=1S/C20H23N3O3/c1-14-7-8-15(2)17(13-14)21-20(24)16-9-11-22(12-10-16)18-5-3-4-6-19(18)23(25)26/h3-8,13,16H,9-12H2,1-2H3,(H,21,24). The Morgan fingerprint density at radius 1 is 1.15 bits per heavy atom. The first-order chi connectivity index (χ1) is 12.5. The molecule has 1 fully saturated rings. The van der Waals surface area contributed by atoms with Gasteiger partial charge in [-0.15, -0.1) is 0 Å². The molecular weight excluding hydrogens is 330 g/mol. The molecule has 0 aliphatic carbocycles. The van der Waals surface area contributed by atoms with Gasteiger partial charge in [0.2, 0.25) is 5.91 Å². The van der Waals surface area contributed by atoms with Crippen molar-refractivity contribution >= 4 is 23.0 Å². The molecule has 0 atom stereocenters. The van der Waals surface area contributed by atoms with Crippen LogP contribution >= 0.6 is 0 Å². The van der Waals surface area contributed by atoms with Gasteiger partial charge in [-0.1, -0.05) is 24.3 Å². The van der Waals surface area contributed by atoms with Crippen LogP contribution in [0.4, 0.5) is 17.1 Å². The van der Waals surface area contributed by atoms with Crippen molar-refractivity contribution in [3.05, 3.63) is 63.7 Å². The first-order valence-electron chi connectivity index (χ1n) is 8.82. The molecule has 136 valence electrons. The highest BCUT2D eigenvalue weighted by molar-refractivity contribution is 5.93. The number of rotatable bonds is 4. The van der Waals surface area contributed by atoms with Crippen molar-refractivity contribution in [1.29, 1.82) is 0 Å². The molecule has 1 amide bonds. The smallest absolute Gasteiger partial charge is 0.292 e. The molecule has 0 unspecified atom stereocenters. The minimum atomic E-state index is -0.353. The van der Waals surface area contributed by atoms with E-state index in [-0.39, 0.29) is 22.4 Å². The zero-order valence-corrected chi connectivity index (χ0v) is 15.1. The summed E-state index contributed by atoms with van der Waals surface area (Å²) in [5.41, 5.74) is 3.76. The van der Waals surface area contributed by atoms with Gasteiger partial charge in [-0.2, -0.15) is 0 Å². The molecule has 6 heteroatoms. The predicted octanol–water partition coefficient (Wildman–Crippen LogP) is 4.07. The van der Waals surface area contributed by atoms with Gasteiger partial charge in [-0.05, 0) is 49.9 Å². The number of nitrogens with one attached hydrogen (secondary N) is 1. The van der Waals surface area contributed by atoms with E-state index in [4.69, 9.17) is 0 Å². The summed E-state index contributed by atoms with van der Waals surface area (Å²) < 4.78 is 0. The second-order valence-corrected chi connectivity index (χ2v) is 6.81. The summed E-state index contributed by atoms with van der Waals surface area (Å²) in [7, 11) is 0. The number of hydrogen-bond donors (Lipinski definition) is 1. The number of nitro benzene ring substituents is 1. The Hall–Kier alpha value is -2.89. The highest BCUT2D eigenvalue weighted by Crippen LogP contribution is 2.31. The fourth-order valence-corrected chi connectivity index (χ4v) is 3.37. The van der Waals surface area contributed by atoms with Crippen LogP contribution in [0.3, 0.4) is 0 Å². The molecule has 0 radical (unpaired) electrons. The van der Waals surface area contributed by atoms with Gasteiger partial charge >= 0.3 is 0 Å². The summed E-state index contributed by atoms with van der Waals surface area (Å²) in [5, 5.41) is 14.3. The molecular formula is C20H23N3O3. The van der Waals surface area contributed by atoms with E-state index in [0.717, 1.165) is 16.8 Å². The van der Waals surface area contributed by atoms with E-state index in [1.807, 2.05) is 43.0 Å². The zero-order valence-electron chi connectivity index (χ0n) is 15.1. The summed E-state index contributed by atoms with van der Waals surface area (Å²) in [6, 6.07) is 12.8. The zero-order chi connectivity index (χ0) is 18.7. The third-order valence-corrected chi connectivity index (χ3v) is 4.94. The molecule has 2 aromatic carbocycles. The summed E-state index contributed by atoms with van der Waals surface area (Å²) in [5.74, 6) is -0.0464. The highest BCUT2D eigenvalue weighted by atomic mass is 16.6. The number of anilines is 2. The van der Waals surface area contributed by atoms with E-state index >= 15 is 0 Å². The second-order valence-electron chi connectivity index (χ2n) is 6.81. The number of piperidine rings is 1. The van der Waals surface area contributed by atoms with E-state index in [0.29, 0.717) is 31.6 Å². The first-order valence-corrected chi connectivity index (χ1v) is 8.82. The summed E-state index contributed by atoms with van der Waals surface area (Å²) in [6.45, 7) is 5.25. The molecule has 1 aliphatic heterocycles. The molecule has 1 saturated heterocycles. The quantitative estimate of drug-likeness (QED) is 0.664. The van der Waals surface area contributed by atoms with Crippen molar-refractivity contribution in [3.63, 3.8) is 0 Å². The minimum absolute atomic E-state index is 0.0286. The van der Waals surface area contributed by atoms with E-state index in [1.54, 1.807) is 12.1 Å². The Kier molecular flexibility index (Phi) is 5.21. The second kappa shape index (κ2) is 7.56. The highest BCUT2D eigenvalue weighted by Gasteiger charge is 2.28. The van der Waals surface area contributed by atoms with Gasteiger partial charge < -0.3 is 10.2 Å². The van der Waals surface area contributed by atoms with Gasteiger partial charge in [0, 0.05) is 30.8 Å². The lowest BCUT2D eigenvalue weighted by Gasteiger charge is -2.32. The number of nitro groups is 1. The Labute approximate surface area is 153 Å². The Bertz CT molecular complexity index is 827. The molecule has 26 heavy (non-hydrogen) atoms. The molecule has 0 saturated carbocycles. The number of nitrogens with zero attached hydrogens (tertiary/aromatic N) is 2. The van der Waals surface area contributed by atoms with Crippen LogP contribution in [-0.4, -0.2) is 23.9 Å². The van der Waals surface area contributed by atoms with E-state index < -0.39 is 0 Å². The molecule has 1 heterocycles. The van der Waals surface area contributed by atoms with Gasteiger partial charge in [-0.25, -0.2) is 0 Å². The van der Waals surface area contributed by atoms with Crippen molar-refractivity contribution in [1.82, 2.24) is 0 Å². The van der Waals surface area contributed by atoms with Gasteiger partial charge in [0.1, 0.15) is 5.69 Å². The normalized spacial score (nSPS) is 14.9. The molecule has 3 rings (SSSR count). The molecule has 6 nitrogen and oxygen atoms in total. The van der Waals surface area contributed by atoms with Gasteiger partial charge in [0.25, 0.3) is 5.69 Å². The van der Waals surface area contributed by atoms with Crippen LogP contribution in [0, 0.1) is 29.9 Å². The Morgan fingerprint density at radius 2 is 1.85 bits per heavy atom. The van der Waals surface area contributed by atoms with Crippen molar-refractivity contribution in [2.24, 2.45) is 5.92 Å². The van der Waals surface area contributed by atoms with Gasteiger partial charge in [0.05, 0.1) is 4.92 Å². The number of para-hydroxylation sites is 2. The van der Waals surface area contributed by atoms with Crippen molar-refractivity contribution < 1.29 is 9.72 Å². The maximum Gasteiger partial charge on any atom is 0.292 e. The van der Waals surface area contributed by atoms with Crippen LogP contribution in [-0.2, 0) is 4.79 Å². The molecule has 0 spiro atoms. The lowest BCUT2D eigenvalue weighted by Crippen LogP contribution is -2.38. The number of benzene rings is 2. The molecule has 0 bridgehead atoms. The molecule has 2 aromatic rings. The van der Waals surface area contributed by atoms with Gasteiger partial charge in [0.15, 0.2) is 0 Å². The summed E-state index contributed by atoms with van der Waals surface area (Å²) >= 11 is 0. The maximum atomic E-state index is 12.6. The van der Waals surface area contributed by atoms with Crippen LogP contribution in [0.15, 0.2) is 42.5 Å². The average molecular weight is 353 g/mol. The topological polar surface area (TPSA) is 75.5 Å².